The Morgan fingerprint density at radius 1 is 0.903 bits per heavy atom. The Balaban J connectivity index is 1.28. The monoisotopic (exact) mass is 414 g/mol. The lowest BCUT2D eigenvalue weighted by molar-refractivity contribution is -0.120. The molecule has 31 heavy (non-hydrogen) atoms. The molecule has 0 saturated carbocycles. The number of hydrogen-bond donors (Lipinski definition) is 1. The highest BCUT2D eigenvalue weighted by Crippen LogP contribution is 2.30. The Bertz CT molecular complexity index is 1210. The first kappa shape index (κ1) is 19.8. The number of nitrogens with one attached hydrogen (secondary N) is 1. The van der Waals surface area contributed by atoms with Crippen molar-refractivity contribution in [2.75, 3.05) is 26.3 Å². The summed E-state index contributed by atoms with van der Waals surface area (Å²) < 4.78 is 11.2. The second-order valence-electron chi connectivity index (χ2n) is 8.03. The Hall–Kier alpha value is -3.15. The highest BCUT2D eigenvalue weighted by atomic mass is 16.5. The SMILES string of the molecule is O=C(Cc1coc2ccc3ccccc3c12)NCc1ccccc1CN1CCOCC1. The summed E-state index contributed by atoms with van der Waals surface area (Å²) >= 11 is 0. The van der Waals surface area contributed by atoms with Crippen LogP contribution < -0.4 is 5.32 Å². The Kier molecular flexibility index (Phi) is 5.69. The van der Waals surface area contributed by atoms with Crippen LogP contribution >= 0.6 is 0 Å². The van der Waals surface area contributed by atoms with Crippen LogP contribution in [0.2, 0.25) is 0 Å². The van der Waals surface area contributed by atoms with Crippen molar-refractivity contribution in [2.24, 2.45) is 0 Å². The van der Waals surface area contributed by atoms with Crippen LogP contribution in [0.4, 0.5) is 0 Å². The molecule has 0 atom stereocenters. The molecule has 5 heteroatoms. The lowest BCUT2D eigenvalue weighted by Gasteiger charge is -2.27. The average molecular weight is 415 g/mol. The van der Waals surface area contributed by atoms with E-state index in [0.29, 0.717) is 13.0 Å². The third kappa shape index (κ3) is 4.33. The van der Waals surface area contributed by atoms with Gasteiger partial charge in [0.05, 0.1) is 25.9 Å². The van der Waals surface area contributed by atoms with Gasteiger partial charge in [-0.15, -0.1) is 0 Å². The van der Waals surface area contributed by atoms with Gasteiger partial charge in [0.2, 0.25) is 5.91 Å². The smallest absolute Gasteiger partial charge is 0.224 e. The summed E-state index contributed by atoms with van der Waals surface area (Å²) in [6.07, 6.45) is 2.01. The quantitative estimate of drug-likeness (QED) is 0.512. The molecule has 0 bridgehead atoms. The molecule has 3 aromatic carbocycles. The van der Waals surface area contributed by atoms with Gasteiger partial charge in [-0.3, -0.25) is 9.69 Å². The molecule has 2 heterocycles. The van der Waals surface area contributed by atoms with Gasteiger partial charge in [-0.25, -0.2) is 0 Å². The molecule has 4 aromatic rings. The van der Waals surface area contributed by atoms with Gasteiger partial charge >= 0.3 is 0 Å². The van der Waals surface area contributed by atoms with Crippen molar-refractivity contribution in [3.8, 4) is 0 Å². The summed E-state index contributed by atoms with van der Waals surface area (Å²) in [4.78, 5) is 15.2. The summed E-state index contributed by atoms with van der Waals surface area (Å²) in [5, 5.41) is 6.40. The second kappa shape index (κ2) is 8.92. The summed E-state index contributed by atoms with van der Waals surface area (Å²) in [6.45, 7) is 4.87. The molecule has 1 fully saturated rings. The van der Waals surface area contributed by atoms with E-state index in [1.165, 1.54) is 5.56 Å². The van der Waals surface area contributed by atoms with Crippen LogP contribution in [0.1, 0.15) is 16.7 Å². The van der Waals surface area contributed by atoms with Gasteiger partial charge in [-0.05, 0) is 28.0 Å². The summed E-state index contributed by atoms with van der Waals surface area (Å²) in [7, 11) is 0. The summed E-state index contributed by atoms with van der Waals surface area (Å²) in [6, 6.07) is 20.6. The molecule has 0 spiro atoms. The molecular formula is C26H26N2O3. The normalized spacial score (nSPS) is 14.8. The Labute approximate surface area is 181 Å². The van der Waals surface area contributed by atoms with E-state index in [4.69, 9.17) is 9.15 Å². The van der Waals surface area contributed by atoms with Gasteiger partial charge < -0.3 is 14.5 Å². The van der Waals surface area contributed by atoms with E-state index >= 15 is 0 Å². The standard InChI is InChI=1S/C26H26N2O3/c29-25(15-22-18-31-24-10-9-19-5-3-4-8-23(19)26(22)24)27-16-20-6-1-2-7-21(20)17-28-11-13-30-14-12-28/h1-10,18H,11-17H2,(H,27,29). The number of amides is 1. The van der Waals surface area contributed by atoms with Crippen LogP contribution in [0.15, 0.2) is 71.3 Å². The van der Waals surface area contributed by atoms with E-state index in [0.717, 1.165) is 65.7 Å². The first-order valence-corrected chi connectivity index (χ1v) is 10.8. The number of morpholine rings is 1. The average Bonchev–Trinajstić information content (AvgIpc) is 3.22. The van der Waals surface area contributed by atoms with Gasteiger partial charge in [0.1, 0.15) is 5.58 Å². The van der Waals surface area contributed by atoms with E-state index < -0.39 is 0 Å². The first-order chi connectivity index (χ1) is 15.3. The number of carbonyl (C=O) groups is 1. The zero-order chi connectivity index (χ0) is 21.0. The van der Waals surface area contributed by atoms with E-state index in [9.17, 15) is 4.79 Å². The fourth-order valence-electron chi connectivity index (χ4n) is 4.32. The van der Waals surface area contributed by atoms with Gasteiger partial charge in [0, 0.05) is 37.1 Å². The number of rotatable bonds is 6. The van der Waals surface area contributed by atoms with Gasteiger partial charge in [0.15, 0.2) is 0 Å². The van der Waals surface area contributed by atoms with Crippen LogP contribution in [0, 0.1) is 0 Å². The number of fused-ring (bicyclic) bond motifs is 3. The van der Waals surface area contributed by atoms with E-state index in [2.05, 4.69) is 46.6 Å². The molecule has 1 amide bonds. The maximum absolute atomic E-state index is 12.8. The molecular weight excluding hydrogens is 388 g/mol. The minimum absolute atomic E-state index is 0.00295. The molecule has 0 aliphatic carbocycles. The number of ether oxygens (including phenoxy) is 1. The van der Waals surface area contributed by atoms with E-state index in [-0.39, 0.29) is 5.91 Å². The maximum Gasteiger partial charge on any atom is 0.224 e. The molecule has 158 valence electrons. The number of nitrogens with zero attached hydrogens (tertiary/aromatic N) is 1. The highest BCUT2D eigenvalue weighted by molar-refractivity contribution is 6.08. The molecule has 1 saturated heterocycles. The predicted molar refractivity (Wildman–Crippen MR) is 122 cm³/mol. The van der Waals surface area contributed by atoms with Crippen molar-refractivity contribution in [2.45, 2.75) is 19.5 Å². The van der Waals surface area contributed by atoms with Gasteiger partial charge in [0.25, 0.3) is 0 Å². The van der Waals surface area contributed by atoms with Crippen molar-refractivity contribution >= 4 is 27.6 Å². The third-order valence-corrected chi connectivity index (χ3v) is 5.98. The zero-order valence-corrected chi connectivity index (χ0v) is 17.5. The molecule has 1 aromatic heterocycles. The Morgan fingerprint density at radius 3 is 2.55 bits per heavy atom. The molecule has 0 radical (unpaired) electrons. The topological polar surface area (TPSA) is 54.7 Å². The molecule has 5 nitrogen and oxygen atoms in total. The van der Waals surface area contributed by atoms with Gasteiger partial charge in [-0.2, -0.15) is 0 Å². The van der Waals surface area contributed by atoms with E-state index in [1.807, 2.05) is 24.3 Å². The van der Waals surface area contributed by atoms with E-state index in [1.54, 1.807) is 6.26 Å². The largest absolute Gasteiger partial charge is 0.464 e. The van der Waals surface area contributed by atoms with Crippen LogP contribution in [0.5, 0.6) is 0 Å². The fraction of sp³-hybridized carbons (Fsp3) is 0.269. The number of furan rings is 1. The molecule has 1 aliphatic heterocycles. The molecule has 0 unspecified atom stereocenters. The van der Waals surface area contributed by atoms with Crippen molar-refractivity contribution in [1.29, 1.82) is 0 Å². The summed E-state index contributed by atoms with van der Waals surface area (Å²) in [5.41, 5.74) is 4.15. The van der Waals surface area contributed by atoms with Crippen LogP contribution in [0.3, 0.4) is 0 Å². The van der Waals surface area contributed by atoms with Crippen molar-refractivity contribution in [3.05, 3.63) is 83.6 Å². The Morgan fingerprint density at radius 2 is 1.68 bits per heavy atom. The third-order valence-electron chi connectivity index (χ3n) is 5.98. The highest BCUT2D eigenvalue weighted by Gasteiger charge is 2.15. The summed E-state index contributed by atoms with van der Waals surface area (Å²) in [5.74, 6) is -0.00295. The predicted octanol–water partition coefficient (Wildman–Crippen LogP) is 4.28. The van der Waals surface area contributed by atoms with Crippen LogP contribution in [-0.2, 0) is 29.0 Å². The van der Waals surface area contributed by atoms with Crippen molar-refractivity contribution < 1.29 is 13.9 Å². The first-order valence-electron chi connectivity index (χ1n) is 10.8. The van der Waals surface area contributed by atoms with Gasteiger partial charge in [-0.1, -0.05) is 54.6 Å². The molecule has 1 aliphatic rings. The second-order valence-corrected chi connectivity index (χ2v) is 8.03. The lowest BCUT2D eigenvalue weighted by Crippen LogP contribution is -2.36. The van der Waals surface area contributed by atoms with Crippen LogP contribution in [0.25, 0.3) is 21.7 Å². The maximum atomic E-state index is 12.8. The number of hydrogen-bond acceptors (Lipinski definition) is 4. The number of carbonyl (C=O) groups excluding carboxylic acids is 1. The minimum Gasteiger partial charge on any atom is -0.464 e. The molecule has 1 N–H and O–H groups in total. The minimum atomic E-state index is -0.00295. The zero-order valence-electron chi connectivity index (χ0n) is 17.5. The van der Waals surface area contributed by atoms with Crippen molar-refractivity contribution in [1.82, 2.24) is 10.2 Å². The fourth-order valence-corrected chi connectivity index (χ4v) is 4.32. The molecule has 5 rings (SSSR count). The lowest BCUT2D eigenvalue weighted by atomic mass is 10.0. The van der Waals surface area contributed by atoms with Crippen LogP contribution in [-0.4, -0.2) is 37.1 Å². The number of benzene rings is 3. The van der Waals surface area contributed by atoms with Crippen molar-refractivity contribution in [3.63, 3.8) is 0 Å².